The van der Waals surface area contributed by atoms with Gasteiger partial charge in [0, 0.05) is 49.7 Å². The smallest absolute Gasteiger partial charge is 0.270 e. The maximum Gasteiger partial charge on any atom is 0.270 e. The summed E-state index contributed by atoms with van der Waals surface area (Å²) in [5.74, 6) is 2.35. The van der Waals surface area contributed by atoms with Crippen molar-refractivity contribution >= 4 is 5.91 Å². The lowest BCUT2D eigenvalue weighted by Gasteiger charge is -2.57. The van der Waals surface area contributed by atoms with Crippen molar-refractivity contribution in [3.63, 3.8) is 0 Å². The summed E-state index contributed by atoms with van der Waals surface area (Å²) in [6.07, 6.45) is 2.99. The second kappa shape index (κ2) is 9.10. The third-order valence-corrected chi connectivity index (χ3v) is 11.1. The number of ether oxygens (including phenoxy) is 2. The standard InChI is InChI=1S/C34H40N4O3/c1-20-6-5-7-22(16-20)19-37-12-14-38(15-13-37)33(39)29-21(2)24-18-25-26-17-23-8-9-27(40-4)31-28(23)34(25,10-11-36(26)3)32(41-31)30(24)35-29/h5-9,16,25-26,32,35H,10-15,17-19H2,1-4H3/t25?,26-,32+,34+/m1/s1. The van der Waals surface area contributed by atoms with E-state index in [1.807, 2.05) is 4.90 Å². The number of nitrogens with one attached hydrogen (secondary N) is 1. The number of piperidine rings is 1. The van der Waals surface area contributed by atoms with Gasteiger partial charge >= 0.3 is 0 Å². The number of H-pyrrole nitrogens is 1. The first-order valence-corrected chi connectivity index (χ1v) is 15.2. The van der Waals surface area contributed by atoms with Crippen LogP contribution in [0.3, 0.4) is 0 Å². The van der Waals surface area contributed by atoms with Gasteiger partial charge in [-0.25, -0.2) is 0 Å². The number of carbonyl (C=O) groups is 1. The molecule has 2 fully saturated rings. The molecule has 0 saturated carbocycles. The Balaban J connectivity index is 1.10. The fourth-order valence-electron chi connectivity index (χ4n) is 8.99. The predicted molar refractivity (Wildman–Crippen MR) is 158 cm³/mol. The number of aryl methyl sites for hydroxylation is 1. The Kier molecular flexibility index (Phi) is 5.64. The molecule has 1 spiro atoms. The maximum atomic E-state index is 14.0. The number of likely N-dealkylation sites (N-methyl/N-ethyl adjacent to an activating group) is 1. The molecule has 7 nitrogen and oxygen atoms in total. The number of hydrogen-bond donors (Lipinski definition) is 1. The Labute approximate surface area is 242 Å². The first-order valence-electron chi connectivity index (χ1n) is 15.2. The van der Waals surface area contributed by atoms with Crippen molar-refractivity contribution in [3.05, 3.63) is 81.2 Å². The second-order valence-electron chi connectivity index (χ2n) is 13.1. The highest BCUT2D eigenvalue weighted by Gasteiger charge is 2.65. The van der Waals surface area contributed by atoms with Gasteiger partial charge in [-0.3, -0.25) is 9.69 Å². The number of carbonyl (C=O) groups excluding carboxylic acids is 1. The SMILES string of the molecule is COc1ccc2c3c1O[C@H]1c4[nH]c(C(=O)N5CCN(Cc6cccc(C)c6)CC5)c(C)c4CC4[C@@H](C2)N(C)CC[C@@]341. The van der Waals surface area contributed by atoms with Crippen LogP contribution in [0.2, 0.25) is 0 Å². The Morgan fingerprint density at radius 2 is 1.93 bits per heavy atom. The van der Waals surface area contributed by atoms with Gasteiger partial charge in [0.15, 0.2) is 11.5 Å². The van der Waals surface area contributed by atoms with Crippen LogP contribution in [0.5, 0.6) is 11.5 Å². The van der Waals surface area contributed by atoms with Crippen molar-refractivity contribution in [1.82, 2.24) is 19.7 Å². The van der Waals surface area contributed by atoms with Crippen molar-refractivity contribution in [2.45, 2.75) is 57.2 Å². The molecule has 1 aromatic heterocycles. The molecule has 41 heavy (non-hydrogen) atoms. The van der Waals surface area contributed by atoms with Crippen LogP contribution in [0.25, 0.3) is 0 Å². The van der Waals surface area contributed by atoms with E-state index in [0.717, 1.165) is 87.0 Å². The van der Waals surface area contributed by atoms with Crippen molar-refractivity contribution in [1.29, 1.82) is 0 Å². The highest BCUT2D eigenvalue weighted by Crippen LogP contribution is 2.67. The van der Waals surface area contributed by atoms with E-state index in [4.69, 9.17) is 9.47 Å². The first-order chi connectivity index (χ1) is 19.9. The summed E-state index contributed by atoms with van der Waals surface area (Å²) in [5.41, 5.74) is 9.64. The minimum atomic E-state index is -0.107. The van der Waals surface area contributed by atoms with Gasteiger partial charge in [0.05, 0.1) is 12.8 Å². The molecule has 2 bridgehead atoms. The molecular weight excluding hydrogens is 512 g/mol. The molecular formula is C34H40N4O3. The lowest BCUT2D eigenvalue weighted by molar-refractivity contribution is -0.0256. The molecule has 1 amide bonds. The summed E-state index contributed by atoms with van der Waals surface area (Å²) in [4.78, 5) is 24.8. The number of amides is 1. The van der Waals surface area contributed by atoms with Gasteiger partial charge in [-0.15, -0.1) is 0 Å². The van der Waals surface area contributed by atoms with Gasteiger partial charge in [0.1, 0.15) is 11.8 Å². The number of rotatable bonds is 4. The molecule has 214 valence electrons. The Hall–Kier alpha value is -3.29. The predicted octanol–water partition coefficient (Wildman–Crippen LogP) is 4.40. The van der Waals surface area contributed by atoms with Gasteiger partial charge in [0.25, 0.3) is 5.91 Å². The van der Waals surface area contributed by atoms with Gasteiger partial charge in [-0.1, -0.05) is 35.9 Å². The van der Waals surface area contributed by atoms with Crippen molar-refractivity contribution in [2.75, 3.05) is 46.9 Å². The zero-order valence-electron chi connectivity index (χ0n) is 24.6. The number of benzene rings is 2. The molecule has 5 aliphatic rings. The van der Waals surface area contributed by atoms with Crippen LogP contribution >= 0.6 is 0 Å². The molecule has 1 N–H and O–H groups in total. The molecule has 3 aromatic rings. The quantitative estimate of drug-likeness (QED) is 0.520. The number of methoxy groups -OCH3 is 1. The summed E-state index contributed by atoms with van der Waals surface area (Å²) in [6, 6.07) is 13.5. The maximum absolute atomic E-state index is 14.0. The molecule has 7 heteroatoms. The van der Waals surface area contributed by atoms with E-state index in [1.54, 1.807) is 7.11 Å². The lowest BCUT2D eigenvalue weighted by Crippen LogP contribution is -2.62. The van der Waals surface area contributed by atoms with Crippen LogP contribution in [0.4, 0.5) is 0 Å². The number of hydrogen-bond acceptors (Lipinski definition) is 5. The van der Waals surface area contributed by atoms with E-state index < -0.39 is 0 Å². The number of nitrogens with zero attached hydrogens (tertiary/aromatic N) is 3. The lowest BCUT2D eigenvalue weighted by atomic mass is 9.51. The number of fused-ring (bicyclic) bond motifs is 2. The Morgan fingerprint density at radius 1 is 1.10 bits per heavy atom. The number of likely N-dealkylation sites (tertiary alicyclic amines) is 1. The summed E-state index contributed by atoms with van der Waals surface area (Å²) >= 11 is 0. The molecule has 0 radical (unpaired) electrons. The first kappa shape index (κ1) is 25.4. The minimum Gasteiger partial charge on any atom is -0.493 e. The monoisotopic (exact) mass is 552 g/mol. The molecule has 2 aliphatic carbocycles. The van der Waals surface area contributed by atoms with Gasteiger partial charge in [-0.05, 0) is 80.9 Å². The average Bonchev–Trinajstić information content (AvgIpc) is 3.49. The Morgan fingerprint density at radius 3 is 2.71 bits per heavy atom. The van der Waals surface area contributed by atoms with Crippen LogP contribution in [-0.4, -0.2) is 78.5 Å². The number of aromatic nitrogens is 1. The van der Waals surface area contributed by atoms with Crippen molar-refractivity contribution in [2.24, 2.45) is 5.92 Å². The second-order valence-corrected chi connectivity index (χ2v) is 13.1. The number of aromatic amines is 1. The fraction of sp³-hybridized carbons (Fsp3) is 0.500. The highest BCUT2D eigenvalue weighted by atomic mass is 16.5. The summed E-state index contributed by atoms with van der Waals surface area (Å²) in [5, 5.41) is 0. The van der Waals surface area contributed by atoms with E-state index in [2.05, 4.69) is 72.1 Å². The van der Waals surface area contributed by atoms with E-state index in [9.17, 15) is 4.79 Å². The van der Waals surface area contributed by atoms with E-state index >= 15 is 0 Å². The van der Waals surface area contributed by atoms with Crippen LogP contribution in [0, 0.1) is 19.8 Å². The summed E-state index contributed by atoms with van der Waals surface area (Å²) in [6.45, 7) is 9.56. The zero-order valence-corrected chi connectivity index (χ0v) is 24.6. The normalized spacial score (nSPS) is 28.2. The topological polar surface area (TPSA) is 61.0 Å². The average molecular weight is 553 g/mol. The van der Waals surface area contributed by atoms with Crippen molar-refractivity contribution in [3.8, 4) is 11.5 Å². The van der Waals surface area contributed by atoms with Crippen LogP contribution in [0.15, 0.2) is 36.4 Å². The van der Waals surface area contributed by atoms with Gasteiger partial charge in [-0.2, -0.15) is 0 Å². The van der Waals surface area contributed by atoms with Gasteiger partial charge in [0.2, 0.25) is 0 Å². The fourth-order valence-corrected chi connectivity index (χ4v) is 8.99. The molecule has 3 aliphatic heterocycles. The van der Waals surface area contributed by atoms with Crippen LogP contribution in [-0.2, 0) is 24.8 Å². The van der Waals surface area contributed by atoms with Gasteiger partial charge < -0.3 is 24.3 Å². The summed E-state index contributed by atoms with van der Waals surface area (Å²) < 4.78 is 12.7. The van der Waals surface area contributed by atoms with E-state index in [1.165, 1.54) is 27.8 Å². The molecule has 8 rings (SSSR count). The van der Waals surface area contributed by atoms with Crippen molar-refractivity contribution < 1.29 is 14.3 Å². The third kappa shape index (κ3) is 3.54. The Bertz CT molecular complexity index is 1550. The third-order valence-electron chi connectivity index (χ3n) is 11.1. The molecule has 4 atom stereocenters. The highest BCUT2D eigenvalue weighted by molar-refractivity contribution is 5.94. The minimum absolute atomic E-state index is 0.0688. The molecule has 4 heterocycles. The van der Waals surface area contributed by atoms with Crippen LogP contribution in [0.1, 0.15) is 62.1 Å². The number of piperazine rings is 1. The summed E-state index contributed by atoms with van der Waals surface area (Å²) in [7, 11) is 4.02. The van der Waals surface area contributed by atoms with E-state index in [-0.39, 0.29) is 17.4 Å². The largest absolute Gasteiger partial charge is 0.493 e. The van der Waals surface area contributed by atoms with E-state index in [0.29, 0.717) is 12.0 Å². The molecule has 2 aromatic carbocycles. The molecule has 2 saturated heterocycles. The zero-order chi connectivity index (χ0) is 28.0. The molecule has 1 unspecified atom stereocenters. The van der Waals surface area contributed by atoms with Crippen LogP contribution < -0.4 is 9.47 Å².